The summed E-state index contributed by atoms with van der Waals surface area (Å²) in [5, 5.41) is 14.6. The summed E-state index contributed by atoms with van der Waals surface area (Å²) in [4.78, 5) is 18.7. The van der Waals surface area contributed by atoms with Crippen molar-refractivity contribution in [3.63, 3.8) is 0 Å². The molecule has 1 saturated carbocycles. The molecule has 4 saturated heterocycles. The van der Waals surface area contributed by atoms with Crippen molar-refractivity contribution < 1.29 is 14.3 Å². The van der Waals surface area contributed by atoms with Gasteiger partial charge in [0.05, 0.1) is 49.7 Å². The average molecular weight is 650 g/mol. The van der Waals surface area contributed by atoms with Crippen LogP contribution in [0.3, 0.4) is 0 Å². The summed E-state index contributed by atoms with van der Waals surface area (Å²) in [5.41, 5.74) is 6.00. The second-order valence-corrected chi connectivity index (χ2v) is 15.4. The van der Waals surface area contributed by atoms with Gasteiger partial charge in [0.15, 0.2) is 5.82 Å². The summed E-state index contributed by atoms with van der Waals surface area (Å²) in [6.07, 6.45) is 8.99. The van der Waals surface area contributed by atoms with Gasteiger partial charge in [-0.15, -0.1) is 0 Å². The minimum Gasteiger partial charge on any atom is -0.378 e. The molecule has 8 rings (SSSR count). The third-order valence-electron chi connectivity index (χ3n) is 11.4. The van der Waals surface area contributed by atoms with E-state index in [0.717, 1.165) is 105 Å². The molecule has 1 aliphatic carbocycles. The Morgan fingerprint density at radius 1 is 1.11 bits per heavy atom. The summed E-state index contributed by atoms with van der Waals surface area (Å²) in [5.74, 6) is 1.10. The number of halogens is 1. The number of aromatic nitrogens is 4. The van der Waals surface area contributed by atoms with Crippen LogP contribution >= 0.6 is 11.6 Å². The fourth-order valence-electron chi connectivity index (χ4n) is 8.35. The molecule has 1 N–H and O–H groups in total. The van der Waals surface area contributed by atoms with Crippen molar-refractivity contribution in [3.8, 4) is 11.1 Å². The fourth-order valence-corrected chi connectivity index (χ4v) is 8.56. The summed E-state index contributed by atoms with van der Waals surface area (Å²) >= 11 is 6.74. The van der Waals surface area contributed by atoms with Gasteiger partial charge in [-0.05, 0) is 84.6 Å². The topological polar surface area (TPSA) is 91.8 Å². The zero-order valence-electron chi connectivity index (χ0n) is 28.0. The number of H-pyrrole nitrogens is 1. The monoisotopic (exact) mass is 649 g/mol. The number of ether oxygens (including phenoxy) is 2. The molecule has 5 aliphatic rings. The summed E-state index contributed by atoms with van der Waals surface area (Å²) in [6.45, 7) is 19.7. The number of anilines is 1. The van der Waals surface area contributed by atoms with Crippen molar-refractivity contribution in [1.82, 2.24) is 29.8 Å². The van der Waals surface area contributed by atoms with Crippen LogP contribution in [0.5, 0.6) is 0 Å². The number of rotatable bonds is 4. The molecule has 6 heterocycles. The van der Waals surface area contributed by atoms with Crippen molar-refractivity contribution in [1.29, 1.82) is 0 Å². The van der Waals surface area contributed by atoms with Gasteiger partial charge < -0.3 is 19.3 Å². The Balaban J connectivity index is 0.000000286. The van der Waals surface area contributed by atoms with E-state index in [4.69, 9.17) is 26.2 Å². The van der Waals surface area contributed by atoms with Crippen molar-refractivity contribution >= 4 is 34.2 Å². The number of piperidine rings is 1. The van der Waals surface area contributed by atoms with Crippen molar-refractivity contribution in [2.24, 2.45) is 5.41 Å². The van der Waals surface area contributed by atoms with Crippen molar-refractivity contribution in [3.05, 3.63) is 41.2 Å². The molecule has 1 amide bonds. The predicted octanol–water partition coefficient (Wildman–Crippen LogP) is 5.53. The molecule has 0 unspecified atom stereocenters. The first-order valence-electron chi connectivity index (χ1n) is 16.7. The molecule has 4 aliphatic heterocycles. The Morgan fingerprint density at radius 2 is 1.85 bits per heavy atom. The lowest BCUT2D eigenvalue weighted by Gasteiger charge is -2.58. The normalized spacial score (nSPS) is 23.4. The third kappa shape index (κ3) is 5.16. The zero-order valence-corrected chi connectivity index (χ0v) is 28.8. The molecule has 1 aromatic carbocycles. The predicted molar refractivity (Wildman–Crippen MR) is 182 cm³/mol. The van der Waals surface area contributed by atoms with E-state index in [0.29, 0.717) is 6.04 Å². The van der Waals surface area contributed by atoms with Gasteiger partial charge in [0.2, 0.25) is 5.91 Å². The van der Waals surface area contributed by atoms with Gasteiger partial charge in [0.1, 0.15) is 0 Å². The van der Waals surface area contributed by atoms with E-state index in [2.05, 4.69) is 66.0 Å². The van der Waals surface area contributed by atoms with Crippen LogP contribution in [-0.2, 0) is 14.3 Å². The van der Waals surface area contributed by atoms with Crippen LogP contribution in [0.2, 0.25) is 5.02 Å². The lowest BCUT2D eigenvalue weighted by molar-refractivity contribution is -0.189. The van der Waals surface area contributed by atoms with Crippen LogP contribution in [0, 0.1) is 19.3 Å². The molecule has 46 heavy (non-hydrogen) atoms. The first-order valence-corrected chi connectivity index (χ1v) is 17.1. The molecule has 5 fully saturated rings. The highest BCUT2D eigenvalue weighted by Crippen LogP contribution is 2.55. The van der Waals surface area contributed by atoms with Gasteiger partial charge in [0.25, 0.3) is 0 Å². The molecule has 11 heteroatoms. The molecule has 248 valence electrons. The second kappa shape index (κ2) is 11.6. The number of carbonyl (C=O) groups excluding carboxylic acids is 1. The molecule has 2 aromatic heterocycles. The molecule has 10 nitrogen and oxygen atoms in total. The van der Waals surface area contributed by atoms with Crippen LogP contribution in [0.25, 0.3) is 22.0 Å². The molecular formula is C35H48ClN7O3. The van der Waals surface area contributed by atoms with Crippen LogP contribution in [-0.4, -0.2) is 106 Å². The summed E-state index contributed by atoms with van der Waals surface area (Å²) in [7, 11) is 2.14. The molecule has 2 spiro atoms. The number of aromatic amines is 1. The number of likely N-dealkylation sites (N-methyl/N-ethyl adjacent to an activating group) is 1. The van der Waals surface area contributed by atoms with Crippen LogP contribution in [0.4, 0.5) is 5.82 Å². The first kappa shape index (κ1) is 31.7. The van der Waals surface area contributed by atoms with Crippen molar-refractivity contribution in [2.45, 2.75) is 76.9 Å². The Morgan fingerprint density at radius 3 is 2.48 bits per heavy atom. The van der Waals surface area contributed by atoms with Crippen LogP contribution in [0.1, 0.15) is 63.3 Å². The fraction of sp³-hybridized carbons (Fsp3) is 0.629. The molecule has 0 bridgehead atoms. The molecule has 3 aromatic rings. The first-order chi connectivity index (χ1) is 22.0. The van der Waals surface area contributed by atoms with Crippen LogP contribution in [0.15, 0.2) is 24.9 Å². The number of nitrogens with one attached hydrogen (secondary N) is 1. The second-order valence-electron chi connectivity index (χ2n) is 15.0. The number of fused-ring (bicyclic) bond motifs is 1. The third-order valence-corrected chi connectivity index (χ3v) is 11.8. The number of carbonyl (C=O) groups is 1. The Labute approximate surface area is 277 Å². The Kier molecular flexibility index (Phi) is 8.02. The summed E-state index contributed by atoms with van der Waals surface area (Å²) in [6, 6.07) is 2.31. The SMILES string of the molecule is C=CC(=O)N1CC2(CC(n3nc(N4CCCCC4(C)C)c(-c4c(C)c(Cl)cc5[nH]ncc45)c3C)C2)C1.CN1CCOCC12COC2. The van der Waals surface area contributed by atoms with E-state index in [1.807, 2.05) is 17.2 Å². The quantitative estimate of drug-likeness (QED) is 0.372. The largest absolute Gasteiger partial charge is 0.378 e. The average Bonchev–Trinajstić information content (AvgIpc) is 3.56. The molecule has 0 radical (unpaired) electrons. The maximum atomic E-state index is 12.0. The summed E-state index contributed by atoms with van der Waals surface area (Å²) < 4.78 is 12.8. The number of hydrogen-bond acceptors (Lipinski definition) is 7. The number of hydrogen-bond donors (Lipinski definition) is 1. The number of benzene rings is 1. The highest BCUT2D eigenvalue weighted by atomic mass is 35.5. The van der Waals surface area contributed by atoms with E-state index in [1.165, 1.54) is 30.2 Å². The number of amides is 1. The smallest absolute Gasteiger partial charge is 0.245 e. The lowest BCUT2D eigenvalue weighted by atomic mass is 9.60. The number of morpholine rings is 1. The maximum Gasteiger partial charge on any atom is 0.245 e. The van der Waals surface area contributed by atoms with E-state index in [9.17, 15) is 4.79 Å². The zero-order chi connectivity index (χ0) is 32.4. The van der Waals surface area contributed by atoms with E-state index < -0.39 is 0 Å². The van der Waals surface area contributed by atoms with Crippen LogP contribution < -0.4 is 4.90 Å². The van der Waals surface area contributed by atoms with E-state index >= 15 is 0 Å². The Hall–Kier alpha value is -2.92. The van der Waals surface area contributed by atoms with Gasteiger partial charge >= 0.3 is 0 Å². The van der Waals surface area contributed by atoms with Gasteiger partial charge in [-0.2, -0.15) is 10.2 Å². The highest BCUT2D eigenvalue weighted by Gasteiger charge is 2.54. The molecule has 0 atom stereocenters. The van der Waals surface area contributed by atoms with E-state index in [1.54, 1.807) is 0 Å². The minimum atomic E-state index is 0.0287. The Bertz CT molecular complexity index is 1640. The highest BCUT2D eigenvalue weighted by molar-refractivity contribution is 6.33. The van der Waals surface area contributed by atoms with Gasteiger partial charge in [-0.25, -0.2) is 0 Å². The van der Waals surface area contributed by atoms with E-state index in [-0.39, 0.29) is 22.4 Å². The molecular weight excluding hydrogens is 602 g/mol. The minimum absolute atomic E-state index is 0.0287. The van der Waals surface area contributed by atoms with Gasteiger partial charge in [-0.3, -0.25) is 19.5 Å². The number of likely N-dealkylation sites (tertiary alicyclic amines) is 1. The standard InChI is InChI=1S/C28H35ClN6O.C7H13NO2/c1-6-23(36)33-15-28(16-33)12-19(13-28)35-18(3)25(26(32-35)34-10-8-7-9-27(34,4)5)24-17(2)21(29)11-22-20(24)14-30-31-22;1-8-2-3-9-4-7(8)5-10-6-7/h6,11,14,19H,1,7-10,12-13,15-16H2,2-5H3,(H,30,31);2-6H2,1H3. The van der Waals surface area contributed by atoms with Gasteiger partial charge in [0, 0.05) is 64.4 Å². The lowest BCUT2D eigenvalue weighted by Crippen LogP contribution is -2.66. The van der Waals surface area contributed by atoms with Crippen molar-refractivity contribution in [2.75, 3.05) is 64.6 Å². The van der Waals surface area contributed by atoms with Gasteiger partial charge in [-0.1, -0.05) is 18.2 Å². The maximum absolute atomic E-state index is 12.0. The number of nitrogens with zero attached hydrogens (tertiary/aromatic N) is 6.